The van der Waals surface area contributed by atoms with Crippen molar-refractivity contribution < 1.29 is 13.9 Å². The van der Waals surface area contributed by atoms with Crippen LogP contribution in [0.4, 0.5) is 4.39 Å². The van der Waals surface area contributed by atoms with Gasteiger partial charge in [-0.3, -0.25) is 4.79 Å². The van der Waals surface area contributed by atoms with Crippen LogP contribution in [0.15, 0.2) is 46.9 Å². The van der Waals surface area contributed by atoms with Gasteiger partial charge < -0.3 is 9.64 Å². The van der Waals surface area contributed by atoms with Gasteiger partial charge in [-0.15, -0.1) is 0 Å². The summed E-state index contributed by atoms with van der Waals surface area (Å²) in [5, 5.41) is 17.4. The molecule has 0 unspecified atom stereocenters. The molecule has 2 aromatic carbocycles. The van der Waals surface area contributed by atoms with Gasteiger partial charge in [0.1, 0.15) is 18.8 Å². The van der Waals surface area contributed by atoms with E-state index in [0.29, 0.717) is 5.75 Å². The quantitative estimate of drug-likeness (QED) is 0.729. The lowest BCUT2D eigenvalue weighted by Crippen LogP contribution is -2.31. The topological polar surface area (TPSA) is 77.1 Å². The number of benzene rings is 2. The minimum absolute atomic E-state index is 0.0269. The van der Waals surface area contributed by atoms with Crippen LogP contribution >= 0.6 is 15.9 Å². The van der Waals surface area contributed by atoms with E-state index in [1.54, 1.807) is 36.4 Å². The summed E-state index contributed by atoms with van der Waals surface area (Å²) >= 11 is 3.29. The van der Waals surface area contributed by atoms with E-state index < -0.39 is 11.7 Å². The standard InChI is InChI=1S/C17H11BrFN3O2/c18-13-2-4-14(5-3-13)24-16-6-1-12(11-15(16)19)17(23)22(9-7-20)10-8-21/h1-6,11H,9-10H2. The average Bonchev–Trinajstić information content (AvgIpc) is 2.58. The van der Waals surface area contributed by atoms with E-state index in [2.05, 4.69) is 15.9 Å². The van der Waals surface area contributed by atoms with E-state index in [4.69, 9.17) is 15.3 Å². The van der Waals surface area contributed by atoms with Gasteiger partial charge in [-0.2, -0.15) is 10.5 Å². The molecular formula is C17H11BrFN3O2. The molecule has 0 heterocycles. The lowest BCUT2D eigenvalue weighted by molar-refractivity contribution is 0.0794. The van der Waals surface area contributed by atoms with Gasteiger partial charge >= 0.3 is 0 Å². The molecular weight excluding hydrogens is 377 g/mol. The predicted molar refractivity (Wildman–Crippen MR) is 87.7 cm³/mol. The summed E-state index contributed by atoms with van der Waals surface area (Å²) in [4.78, 5) is 13.2. The molecule has 2 rings (SSSR count). The molecule has 0 aliphatic carbocycles. The number of amides is 1. The number of rotatable bonds is 5. The Morgan fingerprint density at radius 2 is 1.75 bits per heavy atom. The van der Waals surface area contributed by atoms with Crippen molar-refractivity contribution in [2.75, 3.05) is 13.1 Å². The first kappa shape index (κ1) is 17.5. The Morgan fingerprint density at radius 1 is 1.12 bits per heavy atom. The number of halogens is 2. The molecule has 0 atom stereocenters. The van der Waals surface area contributed by atoms with Crippen molar-refractivity contribution in [3.05, 3.63) is 58.3 Å². The van der Waals surface area contributed by atoms with E-state index in [1.807, 2.05) is 0 Å². The number of carbonyl (C=O) groups is 1. The molecule has 0 saturated heterocycles. The smallest absolute Gasteiger partial charge is 0.255 e. The summed E-state index contributed by atoms with van der Waals surface area (Å²) in [6.45, 7) is -0.490. The Labute approximate surface area is 146 Å². The number of carbonyl (C=O) groups excluding carboxylic acids is 1. The lowest BCUT2D eigenvalue weighted by Gasteiger charge is -2.16. The Balaban J connectivity index is 2.20. The van der Waals surface area contributed by atoms with E-state index >= 15 is 0 Å². The van der Waals surface area contributed by atoms with Crippen LogP contribution in [0.25, 0.3) is 0 Å². The van der Waals surface area contributed by atoms with Gasteiger partial charge in [0.15, 0.2) is 11.6 Å². The van der Waals surface area contributed by atoms with Gasteiger partial charge in [-0.05, 0) is 42.5 Å². The number of hydrogen-bond donors (Lipinski definition) is 0. The Morgan fingerprint density at radius 3 is 2.29 bits per heavy atom. The fourth-order valence-electron chi connectivity index (χ4n) is 1.90. The summed E-state index contributed by atoms with van der Waals surface area (Å²) in [5.41, 5.74) is 0.0427. The minimum atomic E-state index is -0.711. The number of nitrogens with zero attached hydrogens (tertiary/aromatic N) is 3. The normalized spacial score (nSPS) is 9.67. The summed E-state index contributed by atoms with van der Waals surface area (Å²) < 4.78 is 20.5. The first-order valence-corrected chi connectivity index (χ1v) is 7.60. The third-order valence-electron chi connectivity index (χ3n) is 3.03. The summed E-state index contributed by atoms with van der Waals surface area (Å²) in [6, 6.07) is 14.2. The molecule has 0 fully saturated rings. The molecule has 120 valence electrons. The van der Waals surface area contributed by atoms with Gasteiger partial charge in [-0.1, -0.05) is 15.9 Å². The zero-order valence-corrected chi connectivity index (χ0v) is 14.0. The highest BCUT2D eigenvalue weighted by molar-refractivity contribution is 9.10. The molecule has 24 heavy (non-hydrogen) atoms. The van der Waals surface area contributed by atoms with E-state index in [1.165, 1.54) is 12.1 Å². The highest BCUT2D eigenvalue weighted by atomic mass is 79.9. The maximum absolute atomic E-state index is 14.2. The van der Waals surface area contributed by atoms with Crippen molar-refractivity contribution in [3.63, 3.8) is 0 Å². The van der Waals surface area contributed by atoms with Gasteiger partial charge in [0.05, 0.1) is 12.1 Å². The zero-order valence-electron chi connectivity index (χ0n) is 12.4. The molecule has 0 bridgehead atoms. The van der Waals surface area contributed by atoms with E-state index in [-0.39, 0.29) is 24.4 Å². The van der Waals surface area contributed by atoms with Crippen molar-refractivity contribution in [2.45, 2.75) is 0 Å². The van der Waals surface area contributed by atoms with E-state index in [0.717, 1.165) is 15.4 Å². The Kier molecular flexibility index (Phi) is 5.89. The van der Waals surface area contributed by atoms with Crippen LogP contribution in [0.1, 0.15) is 10.4 Å². The second kappa shape index (κ2) is 8.09. The third kappa shape index (κ3) is 4.31. The third-order valence-corrected chi connectivity index (χ3v) is 3.56. The molecule has 0 aliphatic rings. The van der Waals surface area contributed by atoms with Crippen molar-refractivity contribution in [1.82, 2.24) is 4.90 Å². The summed E-state index contributed by atoms with van der Waals surface area (Å²) in [5.74, 6) is -0.877. The Hall–Kier alpha value is -2.90. The average molecular weight is 388 g/mol. The molecule has 1 amide bonds. The highest BCUT2D eigenvalue weighted by Gasteiger charge is 2.17. The van der Waals surface area contributed by atoms with Gasteiger partial charge in [0.2, 0.25) is 0 Å². The SMILES string of the molecule is N#CCN(CC#N)C(=O)c1ccc(Oc2ccc(Br)cc2)c(F)c1. The maximum Gasteiger partial charge on any atom is 0.255 e. The molecule has 0 N–H and O–H groups in total. The van der Waals surface area contributed by atoms with Crippen molar-refractivity contribution in [3.8, 4) is 23.6 Å². The second-order valence-electron chi connectivity index (χ2n) is 4.68. The van der Waals surface area contributed by atoms with Crippen LogP contribution in [0.3, 0.4) is 0 Å². The summed E-state index contributed by atoms with van der Waals surface area (Å²) in [7, 11) is 0. The molecule has 0 aliphatic heterocycles. The maximum atomic E-state index is 14.2. The highest BCUT2D eigenvalue weighted by Crippen LogP contribution is 2.26. The monoisotopic (exact) mass is 387 g/mol. The van der Waals surface area contributed by atoms with Crippen LogP contribution in [-0.2, 0) is 0 Å². The van der Waals surface area contributed by atoms with Crippen LogP contribution in [-0.4, -0.2) is 23.9 Å². The van der Waals surface area contributed by atoms with Crippen molar-refractivity contribution in [1.29, 1.82) is 10.5 Å². The number of ether oxygens (including phenoxy) is 1. The van der Waals surface area contributed by atoms with Crippen molar-refractivity contribution in [2.24, 2.45) is 0 Å². The van der Waals surface area contributed by atoms with E-state index in [9.17, 15) is 9.18 Å². The van der Waals surface area contributed by atoms with Gasteiger partial charge in [-0.25, -0.2) is 4.39 Å². The van der Waals surface area contributed by atoms with Crippen LogP contribution in [0, 0.1) is 28.5 Å². The lowest BCUT2D eigenvalue weighted by atomic mass is 10.1. The number of nitriles is 2. The second-order valence-corrected chi connectivity index (χ2v) is 5.59. The molecule has 0 radical (unpaired) electrons. The van der Waals surface area contributed by atoms with Crippen LogP contribution in [0.5, 0.6) is 11.5 Å². The molecule has 5 nitrogen and oxygen atoms in total. The molecule has 2 aromatic rings. The fourth-order valence-corrected chi connectivity index (χ4v) is 2.16. The minimum Gasteiger partial charge on any atom is -0.454 e. The first-order valence-electron chi connectivity index (χ1n) is 6.81. The van der Waals surface area contributed by atoms with Crippen LogP contribution < -0.4 is 4.74 Å². The molecule has 0 saturated carbocycles. The Bertz CT molecular complexity index is 809. The van der Waals surface area contributed by atoms with Crippen molar-refractivity contribution >= 4 is 21.8 Å². The predicted octanol–water partition coefficient (Wildman–Crippen LogP) is 3.87. The number of hydrogen-bond acceptors (Lipinski definition) is 4. The van der Waals surface area contributed by atoms with Gasteiger partial charge in [0.25, 0.3) is 5.91 Å². The molecule has 0 spiro atoms. The summed E-state index contributed by atoms with van der Waals surface area (Å²) in [6.07, 6.45) is 0. The fraction of sp³-hybridized carbons (Fsp3) is 0.118. The molecule has 0 aromatic heterocycles. The van der Waals surface area contributed by atoms with Gasteiger partial charge in [0, 0.05) is 10.0 Å². The first-order chi connectivity index (χ1) is 11.5. The van der Waals surface area contributed by atoms with Crippen LogP contribution in [0.2, 0.25) is 0 Å². The molecule has 7 heteroatoms. The largest absolute Gasteiger partial charge is 0.454 e. The zero-order chi connectivity index (χ0) is 17.5.